The summed E-state index contributed by atoms with van der Waals surface area (Å²) in [4.78, 5) is 0. The maximum Gasteiger partial charge on any atom is 0.119 e. The molecule has 1 aromatic rings. The number of ether oxygens (including phenoxy) is 1. The number of aryl methyl sites for hydroxylation is 1. The van der Waals surface area contributed by atoms with Gasteiger partial charge >= 0.3 is 0 Å². The molecular weight excluding hydrogens is 350 g/mol. The highest BCUT2D eigenvalue weighted by molar-refractivity contribution is 5.27. The number of rotatable bonds is 18. The van der Waals surface area contributed by atoms with Crippen molar-refractivity contribution in [1.82, 2.24) is 0 Å². The minimum atomic E-state index is -1.09. The average Bonchev–Trinajstić information content (AvgIpc) is 2.73. The topological polar surface area (TPSA) is 75.7 Å². The van der Waals surface area contributed by atoms with Crippen LogP contribution in [-0.4, -0.2) is 35.6 Å². The Labute approximate surface area is 172 Å². The minimum absolute atomic E-state index is 0.0953. The van der Waals surface area contributed by atoms with Crippen molar-refractivity contribution in [2.24, 2.45) is 5.73 Å². The van der Waals surface area contributed by atoms with Crippen LogP contribution in [0.5, 0.6) is 5.75 Å². The molecule has 0 saturated heterocycles. The molecule has 0 fully saturated rings. The molecule has 0 atom stereocenters. The van der Waals surface area contributed by atoms with E-state index >= 15 is 0 Å². The van der Waals surface area contributed by atoms with Crippen LogP contribution in [-0.2, 0) is 6.42 Å². The van der Waals surface area contributed by atoms with Crippen LogP contribution in [0.15, 0.2) is 24.3 Å². The van der Waals surface area contributed by atoms with Gasteiger partial charge in [0.15, 0.2) is 0 Å². The molecule has 0 radical (unpaired) electrons. The van der Waals surface area contributed by atoms with Crippen LogP contribution in [0, 0.1) is 0 Å². The first kappa shape index (κ1) is 24.9. The Morgan fingerprint density at radius 2 is 1.21 bits per heavy atom. The molecule has 0 unspecified atom stereocenters. The molecule has 0 aliphatic carbocycles. The lowest BCUT2D eigenvalue weighted by Crippen LogP contribution is -2.52. The molecule has 0 aromatic heterocycles. The summed E-state index contributed by atoms with van der Waals surface area (Å²) in [6.07, 6.45) is 17.6. The number of hydrogen-bond acceptors (Lipinski definition) is 4. The van der Waals surface area contributed by atoms with Crippen molar-refractivity contribution in [3.8, 4) is 5.75 Å². The largest absolute Gasteiger partial charge is 0.491 e. The van der Waals surface area contributed by atoms with E-state index < -0.39 is 5.54 Å². The summed E-state index contributed by atoms with van der Waals surface area (Å²) in [6.45, 7) is 1.76. The lowest BCUT2D eigenvalue weighted by atomic mass is 10.0. The molecule has 0 bridgehead atoms. The second-order valence-electron chi connectivity index (χ2n) is 8.25. The highest BCUT2D eigenvalue weighted by atomic mass is 16.5. The molecule has 0 saturated carbocycles. The van der Waals surface area contributed by atoms with Gasteiger partial charge in [0.25, 0.3) is 0 Å². The zero-order valence-electron chi connectivity index (χ0n) is 18.0. The Morgan fingerprint density at radius 1 is 0.750 bits per heavy atom. The third kappa shape index (κ3) is 11.7. The standard InChI is InChI=1S/C24H43NO3/c1-2-3-4-5-6-7-8-9-10-11-12-13-14-22-15-17-23(18-16-22)28-21-24(25,19-26)20-27/h15-18,26-27H,2-14,19-21,25H2,1H3. The van der Waals surface area contributed by atoms with E-state index in [4.69, 9.17) is 10.5 Å². The van der Waals surface area contributed by atoms with E-state index in [-0.39, 0.29) is 19.8 Å². The van der Waals surface area contributed by atoms with Crippen molar-refractivity contribution in [2.45, 2.75) is 95.9 Å². The van der Waals surface area contributed by atoms with Crippen molar-refractivity contribution in [1.29, 1.82) is 0 Å². The van der Waals surface area contributed by atoms with Crippen LogP contribution < -0.4 is 10.5 Å². The molecule has 4 N–H and O–H groups in total. The fraction of sp³-hybridized carbons (Fsp3) is 0.750. The van der Waals surface area contributed by atoms with Gasteiger partial charge in [0.1, 0.15) is 12.4 Å². The Kier molecular flexibility index (Phi) is 14.1. The van der Waals surface area contributed by atoms with Crippen LogP contribution in [0.3, 0.4) is 0 Å². The number of unbranched alkanes of at least 4 members (excludes halogenated alkanes) is 11. The number of aliphatic hydroxyl groups is 2. The van der Waals surface area contributed by atoms with Gasteiger partial charge in [-0.2, -0.15) is 0 Å². The van der Waals surface area contributed by atoms with Gasteiger partial charge < -0.3 is 20.7 Å². The molecule has 1 rings (SSSR count). The van der Waals surface area contributed by atoms with E-state index in [1.165, 1.54) is 82.6 Å². The van der Waals surface area contributed by atoms with Gasteiger partial charge in [-0.1, -0.05) is 89.7 Å². The molecule has 0 aliphatic rings. The van der Waals surface area contributed by atoms with Crippen LogP contribution in [0.1, 0.15) is 89.5 Å². The summed E-state index contributed by atoms with van der Waals surface area (Å²) in [5.41, 5.74) is 6.04. The summed E-state index contributed by atoms with van der Waals surface area (Å²) in [5.74, 6) is 0.718. The van der Waals surface area contributed by atoms with E-state index in [0.717, 1.165) is 12.2 Å². The second-order valence-corrected chi connectivity index (χ2v) is 8.25. The van der Waals surface area contributed by atoms with E-state index in [1.54, 1.807) is 0 Å². The zero-order valence-corrected chi connectivity index (χ0v) is 18.0. The fourth-order valence-corrected chi connectivity index (χ4v) is 3.29. The molecule has 0 spiro atoms. The highest BCUT2D eigenvalue weighted by Gasteiger charge is 2.24. The van der Waals surface area contributed by atoms with Gasteiger partial charge in [0.05, 0.1) is 18.8 Å². The molecule has 4 nitrogen and oxygen atoms in total. The monoisotopic (exact) mass is 393 g/mol. The van der Waals surface area contributed by atoms with Crippen LogP contribution in [0.4, 0.5) is 0 Å². The quantitative estimate of drug-likeness (QED) is 0.307. The summed E-state index contributed by atoms with van der Waals surface area (Å²) >= 11 is 0. The third-order valence-electron chi connectivity index (χ3n) is 5.40. The van der Waals surface area contributed by atoms with Gasteiger partial charge in [0.2, 0.25) is 0 Å². The van der Waals surface area contributed by atoms with E-state index in [2.05, 4.69) is 19.1 Å². The number of aliphatic hydroxyl groups excluding tert-OH is 2. The molecule has 0 heterocycles. The molecule has 162 valence electrons. The number of hydrogen-bond donors (Lipinski definition) is 3. The smallest absolute Gasteiger partial charge is 0.119 e. The number of nitrogens with two attached hydrogens (primary N) is 1. The molecule has 0 amide bonds. The van der Waals surface area contributed by atoms with Gasteiger partial charge in [-0.05, 0) is 30.5 Å². The maximum absolute atomic E-state index is 9.18. The summed E-state index contributed by atoms with van der Waals surface area (Å²) in [5, 5.41) is 18.4. The zero-order chi connectivity index (χ0) is 20.5. The van der Waals surface area contributed by atoms with E-state index in [1.807, 2.05) is 12.1 Å². The minimum Gasteiger partial charge on any atom is -0.491 e. The fourth-order valence-electron chi connectivity index (χ4n) is 3.29. The van der Waals surface area contributed by atoms with Gasteiger partial charge in [-0.25, -0.2) is 0 Å². The van der Waals surface area contributed by atoms with Crippen molar-refractivity contribution in [2.75, 3.05) is 19.8 Å². The second kappa shape index (κ2) is 15.8. The Morgan fingerprint density at radius 3 is 1.68 bits per heavy atom. The molecule has 4 heteroatoms. The van der Waals surface area contributed by atoms with E-state index in [0.29, 0.717) is 0 Å². The normalized spacial score (nSPS) is 11.7. The van der Waals surface area contributed by atoms with Crippen molar-refractivity contribution in [3.05, 3.63) is 29.8 Å². The number of benzene rings is 1. The summed E-state index contributed by atoms with van der Waals surface area (Å²) in [6, 6.07) is 8.05. The van der Waals surface area contributed by atoms with E-state index in [9.17, 15) is 10.2 Å². The van der Waals surface area contributed by atoms with Crippen molar-refractivity contribution >= 4 is 0 Å². The van der Waals surface area contributed by atoms with Gasteiger partial charge in [0, 0.05) is 0 Å². The molecule has 0 aliphatic heterocycles. The molecular formula is C24H43NO3. The first-order chi connectivity index (χ1) is 13.6. The predicted molar refractivity (Wildman–Crippen MR) is 118 cm³/mol. The van der Waals surface area contributed by atoms with Crippen molar-refractivity contribution < 1.29 is 14.9 Å². The first-order valence-electron chi connectivity index (χ1n) is 11.4. The van der Waals surface area contributed by atoms with Gasteiger partial charge in [-0.15, -0.1) is 0 Å². The third-order valence-corrected chi connectivity index (χ3v) is 5.40. The SMILES string of the molecule is CCCCCCCCCCCCCCc1ccc(OCC(N)(CO)CO)cc1. The van der Waals surface area contributed by atoms with Crippen LogP contribution in [0.2, 0.25) is 0 Å². The highest BCUT2D eigenvalue weighted by Crippen LogP contribution is 2.17. The first-order valence-corrected chi connectivity index (χ1v) is 11.4. The lowest BCUT2D eigenvalue weighted by Gasteiger charge is -2.24. The lowest BCUT2D eigenvalue weighted by molar-refractivity contribution is 0.0785. The van der Waals surface area contributed by atoms with Crippen LogP contribution in [0.25, 0.3) is 0 Å². The molecule has 1 aromatic carbocycles. The maximum atomic E-state index is 9.18. The van der Waals surface area contributed by atoms with Crippen molar-refractivity contribution in [3.63, 3.8) is 0 Å². The molecule has 28 heavy (non-hydrogen) atoms. The predicted octanol–water partition coefficient (Wildman–Crippen LogP) is 4.99. The summed E-state index contributed by atoms with van der Waals surface area (Å²) < 4.78 is 5.58. The van der Waals surface area contributed by atoms with Crippen LogP contribution >= 0.6 is 0 Å². The average molecular weight is 394 g/mol. The Hall–Kier alpha value is -1.10. The Balaban J connectivity index is 2.03. The Bertz CT molecular complexity index is 471. The summed E-state index contributed by atoms with van der Waals surface area (Å²) in [7, 11) is 0. The van der Waals surface area contributed by atoms with Gasteiger partial charge in [-0.3, -0.25) is 0 Å².